The molecular weight excluding hydrogens is 194 g/mol. The maximum absolute atomic E-state index is 2.49. The molecule has 1 aliphatic carbocycles. The molecule has 16 heavy (non-hydrogen) atoms. The van der Waals surface area contributed by atoms with E-state index >= 15 is 0 Å². The second kappa shape index (κ2) is 3.74. The third-order valence-corrected chi connectivity index (χ3v) is 4.28. The van der Waals surface area contributed by atoms with Crippen LogP contribution in [0.25, 0.3) is 0 Å². The molecule has 84 valence electrons. The first kappa shape index (κ1) is 10.1. The summed E-state index contributed by atoms with van der Waals surface area (Å²) in [4.78, 5) is 2.49. The van der Waals surface area contributed by atoms with Crippen molar-refractivity contribution in [3.8, 4) is 0 Å². The lowest BCUT2D eigenvalue weighted by Gasteiger charge is -2.36. The van der Waals surface area contributed by atoms with E-state index in [0.717, 1.165) is 5.92 Å². The Morgan fingerprint density at radius 3 is 2.81 bits per heavy atom. The van der Waals surface area contributed by atoms with Crippen molar-refractivity contribution in [2.45, 2.75) is 18.3 Å². The van der Waals surface area contributed by atoms with Crippen LogP contribution in [0.4, 0.5) is 0 Å². The lowest BCUT2D eigenvalue weighted by molar-refractivity contribution is 0.328. The second-order valence-corrected chi connectivity index (χ2v) is 5.33. The van der Waals surface area contributed by atoms with Gasteiger partial charge in [-0.25, -0.2) is 0 Å². The Balaban J connectivity index is 2.04. The molecule has 0 unspecified atom stereocenters. The summed E-state index contributed by atoms with van der Waals surface area (Å²) in [5, 5.41) is 0. The maximum Gasteiger partial charge on any atom is 0.0158 e. The zero-order chi connectivity index (χ0) is 11.0. The van der Waals surface area contributed by atoms with E-state index in [9.17, 15) is 0 Å². The minimum atomic E-state index is 0.394. The Bertz CT molecular complexity index is 395. The lowest BCUT2D eigenvalue weighted by atomic mass is 9.67. The third-order valence-electron chi connectivity index (χ3n) is 4.28. The SMILES string of the molecule is CN1C[C@@H]2CC=CC[C@]2(c2ccccc2)C1. The topological polar surface area (TPSA) is 3.24 Å². The van der Waals surface area contributed by atoms with Gasteiger partial charge in [-0.05, 0) is 31.4 Å². The summed E-state index contributed by atoms with van der Waals surface area (Å²) >= 11 is 0. The van der Waals surface area contributed by atoms with Crippen molar-refractivity contribution < 1.29 is 0 Å². The highest BCUT2D eigenvalue weighted by Crippen LogP contribution is 2.45. The van der Waals surface area contributed by atoms with Crippen LogP contribution in [-0.2, 0) is 5.41 Å². The van der Waals surface area contributed by atoms with E-state index in [-0.39, 0.29) is 0 Å². The standard InChI is InChI=1S/C15H19N/c1-16-11-14-9-5-6-10-15(14,12-16)13-7-3-2-4-8-13/h2-8,14H,9-12H2,1H3/t14-,15+/m0/s1. The average molecular weight is 213 g/mol. The quantitative estimate of drug-likeness (QED) is 0.648. The maximum atomic E-state index is 2.49. The van der Waals surface area contributed by atoms with Crippen molar-refractivity contribution in [1.29, 1.82) is 0 Å². The summed E-state index contributed by atoms with van der Waals surface area (Å²) in [5.74, 6) is 0.810. The Hall–Kier alpha value is -1.08. The first-order valence-electron chi connectivity index (χ1n) is 6.20. The van der Waals surface area contributed by atoms with Gasteiger partial charge in [0.15, 0.2) is 0 Å². The predicted octanol–water partition coefficient (Wildman–Crippen LogP) is 2.84. The van der Waals surface area contributed by atoms with Gasteiger partial charge < -0.3 is 4.90 Å². The minimum absolute atomic E-state index is 0.394. The molecule has 1 nitrogen and oxygen atoms in total. The monoisotopic (exact) mass is 213 g/mol. The number of fused-ring (bicyclic) bond motifs is 1. The highest BCUT2D eigenvalue weighted by molar-refractivity contribution is 5.32. The van der Waals surface area contributed by atoms with E-state index < -0.39 is 0 Å². The van der Waals surface area contributed by atoms with Gasteiger partial charge in [-0.2, -0.15) is 0 Å². The van der Waals surface area contributed by atoms with Crippen molar-refractivity contribution in [3.05, 3.63) is 48.0 Å². The van der Waals surface area contributed by atoms with Crippen molar-refractivity contribution in [3.63, 3.8) is 0 Å². The van der Waals surface area contributed by atoms with E-state index in [1.807, 2.05) is 0 Å². The van der Waals surface area contributed by atoms with Gasteiger partial charge in [-0.15, -0.1) is 0 Å². The van der Waals surface area contributed by atoms with Crippen LogP contribution in [0.3, 0.4) is 0 Å². The normalized spacial score (nSPS) is 33.9. The van der Waals surface area contributed by atoms with Crippen LogP contribution in [0.15, 0.2) is 42.5 Å². The smallest absolute Gasteiger partial charge is 0.0158 e. The number of hydrogen-bond acceptors (Lipinski definition) is 1. The van der Waals surface area contributed by atoms with E-state index in [1.165, 1.54) is 31.5 Å². The number of allylic oxidation sites excluding steroid dienone is 2. The molecule has 0 spiro atoms. The van der Waals surface area contributed by atoms with Gasteiger partial charge in [-0.3, -0.25) is 0 Å². The number of hydrogen-bond donors (Lipinski definition) is 0. The predicted molar refractivity (Wildman–Crippen MR) is 67.5 cm³/mol. The van der Waals surface area contributed by atoms with E-state index in [4.69, 9.17) is 0 Å². The zero-order valence-corrected chi connectivity index (χ0v) is 9.89. The van der Waals surface area contributed by atoms with Crippen LogP contribution >= 0.6 is 0 Å². The number of likely N-dealkylation sites (tertiary alicyclic amines) is 1. The molecule has 0 bridgehead atoms. The molecule has 0 saturated carbocycles. The molecule has 1 fully saturated rings. The Kier molecular flexibility index (Phi) is 2.36. The van der Waals surface area contributed by atoms with E-state index in [2.05, 4.69) is 54.4 Å². The summed E-state index contributed by atoms with van der Waals surface area (Å²) in [6.07, 6.45) is 7.21. The molecule has 2 atom stereocenters. The van der Waals surface area contributed by atoms with E-state index in [1.54, 1.807) is 0 Å². The average Bonchev–Trinajstić information content (AvgIpc) is 2.67. The van der Waals surface area contributed by atoms with Crippen molar-refractivity contribution >= 4 is 0 Å². The summed E-state index contributed by atoms with van der Waals surface area (Å²) in [7, 11) is 2.25. The van der Waals surface area contributed by atoms with Gasteiger partial charge in [-0.1, -0.05) is 42.5 Å². The summed E-state index contributed by atoms with van der Waals surface area (Å²) < 4.78 is 0. The number of nitrogens with zero attached hydrogens (tertiary/aromatic N) is 1. The first-order valence-corrected chi connectivity index (χ1v) is 6.20. The molecule has 3 rings (SSSR count). The molecule has 1 saturated heterocycles. The summed E-state index contributed by atoms with van der Waals surface area (Å²) in [5.41, 5.74) is 1.93. The highest BCUT2D eigenvalue weighted by atomic mass is 15.1. The number of likely N-dealkylation sites (N-methyl/N-ethyl adjacent to an activating group) is 1. The molecule has 1 aliphatic heterocycles. The lowest BCUT2D eigenvalue weighted by Crippen LogP contribution is -2.36. The molecule has 0 amide bonds. The molecule has 2 aliphatic rings. The van der Waals surface area contributed by atoms with Crippen molar-refractivity contribution in [2.75, 3.05) is 20.1 Å². The van der Waals surface area contributed by atoms with Crippen LogP contribution in [0, 0.1) is 5.92 Å². The Morgan fingerprint density at radius 1 is 1.19 bits per heavy atom. The Morgan fingerprint density at radius 2 is 2.00 bits per heavy atom. The van der Waals surface area contributed by atoms with Gasteiger partial charge in [0.25, 0.3) is 0 Å². The van der Waals surface area contributed by atoms with Crippen molar-refractivity contribution in [2.24, 2.45) is 5.92 Å². The van der Waals surface area contributed by atoms with Gasteiger partial charge >= 0.3 is 0 Å². The fraction of sp³-hybridized carbons (Fsp3) is 0.467. The molecule has 0 aromatic heterocycles. The minimum Gasteiger partial charge on any atom is -0.305 e. The largest absolute Gasteiger partial charge is 0.305 e. The fourth-order valence-electron chi connectivity index (χ4n) is 3.53. The van der Waals surface area contributed by atoms with Crippen LogP contribution in [-0.4, -0.2) is 25.0 Å². The fourth-order valence-corrected chi connectivity index (χ4v) is 3.53. The van der Waals surface area contributed by atoms with Crippen LogP contribution in [0.5, 0.6) is 0 Å². The van der Waals surface area contributed by atoms with Gasteiger partial charge in [0.2, 0.25) is 0 Å². The molecule has 0 radical (unpaired) electrons. The van der Waals surface area contributed by atoms with Gasteiger partial charge in [0.05, 0.1) is 0 Å². The van der Waals surface area contributed by atoms with Gasteiger partial charge in [0.1, 0.15) is 0 Å². The van der Waals surface area contributed by atoms with Crippen LogP contribution < -0.4 is 0 Å². The molecule has 1 heteroatoms. The molecule has 0 N–H and O–H groups in total. The summed E-state index contributed by atoms with van der Waals surface area (Å²) in [6.45, 7) is 2.46. The third kappa shape index (κ3) is 1.42. The second-order valence-electron chi connectivity index (χ2n) is 5.33. The van der Waals surface area contributed by atoms with E-state index in [0.29, 0.717) is 5.41 Å². The number of benzene rings is 1. The number of rotatable bonds is 1. The highest BCUT2D eigenvalue weighted by Gasteiger charge is 2.46. The van der Waals surface area contributed by atoms with Gasteiger partial charge in [0, 0.05) is 18.5 Å². The molecular formula is C15H19N. The summed E-state index contributed by atoms with van der Waals surface area (Å²) in [6, 6.07) is 11.1. The van der Waals surface area contributed by atoms with Crippen LogP contribution in [0.1, 0.15) is 18.4 Å². The van der Waals surface area contributed by atoms with Crippen LogP contribution in [0.2, 0.25) is 0 Å². The molecule has 1 aromatic rings. The zero-order valence-electron chi connectivity index (χ0n) is 9.89. The van der Waals surface area contributed by atoms with Crippen molar-refractivity contribution in [1.82, 2.24) is 4.90 Å². The first-order chi connectivity index (χ1) is 7.81. The Labute approximate surface area is 97.8 Å². The molecule has 1 aromatic carbocycles. The molecule has 1 heterocycles.